The highest BCUT2D eigenvalue weighted by atomic mass is 16.5. The third-order valence-corrected chi connectivity index (χ3v) is 7.45. The molecule has 0 bridgehead atoms. The summed E-state index contributed by atoms with van der Waals surface area (Å²) < 4.78 is 19.6. The molecule has 1 fully saturated rings. The molecule has 4 heterocycles. The number of hydrogen-bond donors (Lipinski definition) is 3. The average Bonchev–Trinajstić information content (AvgIpc) is 3.66. The van der Waals surface area contributed by atoms with Crippen LogP contribution >= 0.6 is 0 Å². The van der Waals surface area contributed by atoms with Crippen LogP contribution in [0.3, 0.4) is 0 Å². The first-order valence-corrected chi connectivity index (χ1v) is 14.2. The maximum Gasteiger partial charge on any atom is 0.407 e. The van der Waals surface area contributed by atoms with E-state index in [4.69, 9.17) is 19.9 Å². The number of hydrogen-bond acceptors (Lipinski definition) is 9. The normalized spacial score (nSPS) is 18.8. The lowest BCUT2D eigenvalue weighted by atomic mass is 10.0. The summed E-state index contributed by atoms with van der Waals surface area (Å²) in [4.78, 5) is 44.0. The predicted molar refractivity (Wildman–Crippen MR) is 159 cm³/mol. The number of anilines is 1. The Labute approximate surface area is 253 Å². The van der Waals surface area contributed by atoms with Crippen LogP contribution in [0.2, 0.25) is 0 Å². The fraction of sp³-hybridized carbons (Fsp3) is 0.323. The lowest BCUT2D eigenvalue weighted by Gasteiger charge is -2.23. The zero-order valence-corrected chi connectivity index (χ0v) is 24.4. The molecule has 0 radical (unpaired) electrons. The predicted octanol–water partition coefficient (Wildman–Crippen LogP) is 2.54. The summed E-state index contributed by atoms with van der Waals surface area (Å²) in [5.74, 6) is 0.0656. The highest BCUT2D eigenvalue weighted by Gasteiger charge is 2.38. The first kappa shape index (κ1) is 28.9. The number of fused-ring (bicyclic) bond motifs is 2. The van der Waals surface area contributed by atoms with Crippen LogP contribution in [0.5, 0.6) is 11.5 Å². The third-order valence-electron chi connectivity index (χ3n) is 7.45. The Kier molecular flexibility index (Phi) is 7.78. The van der Waals surface area contributed by atoms with E-state index in [-0.39, 0.29) is 13.2 Å². The lowest BCUT2D eigenvalue weighted by molar-refractivity contribution is -0.118. The quantitative estimate of drug-likeness (QED) is 0.262. The van der Waals surface area contributed by atoms with Crippen LogP contribution in [0.15, 0.2) is 67.1 Å². The monoisotopic (exact) mass is 599 g/mol. The van der Waals surface area contributed by atoms with Crippen molar-refractivity contribution < 1.29 is 28.6 Å². The lowest BCUT2D eigenvalue weighted by Crippen LogP contribution is -2.45. The molecule has 1 saturated heterocycles. The Morgan fingerprint density at radius 2 is 1.95 bits per heavy atom. The van der Waals surface area contributed by atoms with Crippen LogP contribution < -0.4 is 25.8 Å². The van der Waals surface area contributed by atoms with Gasteiger partial charge in [0.15, 0.2) is 5.65 Å². The van der Waals surface area contributed by atoms with Crippen molar-refractivity contribution in [2.45, 2.75) is 44.6 Å². The smallest absolute Gasteiger partial charge is 0.407 e. The Hall–Kier alpha value is -5.17. The van der Waals surface area contributed by atoms with Crippen molar-refractivity contribution in [3.63, 3.8) is 0 Å². The highest BCUT2D eigenvalue weighted by molar-refractivity contribution is 6.08. The number of benzene rings is 2. The van der Waals surface area contributed by atoms with Gasteiger partial charge in [-0.3, -0.25) is 14.5 Å². The van der Waals surface area contributed by atoms with Gasteiger partial charge in [-0.2, -0.15) is 5.10 Å². The second kappa shape index (κ2) is 11.8. The minimum atomic E-state index is -0.624. The van der Waals surface area contributed by atoms with Gasteiger partial charge in [-0.25, -0.2) is 14.3 Å². The molecule has 4 aromatic rings. The minimum absolute atomic E-state index is 0.0100. The van der Waals surface area contributed by atoms with E-state index in [1.165, 1.54) is 10.7 Å². The standard InChI is InChI=1S/C31H33N7O6/c1-31(2)13-20-11-22(35-29(40)21-14-34-38-10-6-9-33-28(21)38)25(12-24(20)44-31)43-26-16-37(17-27(32)39)15-23(26)36-30(41)42-18-19-7-4-3-5-8-19/h3-12,14,23,26H,13,15-18H2,1-2H3,(H2,32,39)(H,35,40)(H,36,41)/t23-,26-/m1/s1. The Morgan fingerprint density at radius 1 is 1.14 bits per heavy atom. The van der Waals surface area contributed by atoms with Gasteiger partial charge in [0, 0.05) is 43.5 Å². The van der Waals surface area contributed by atoms with Gasteiger partial charge in [0.25, 0.3) is 5.91 Å². The number of nitrogens with one attached hydrogen (secondary N) is 2. The molecule has 44 heavy (non-hydrogen) atoms. The van der Waals surface area contributed by atoms with Gasteiger partial charge >= 0.3 is 6.09 Å². The van der Waals surface area contributed by atoms with Crippen molar-refractivity contribution in [2.24, 2.45) is 5.73 Å². The van der Waals surface area contributed by atoms with Crippen LogP contribution in [0, 0.1) is 0 Å². The topological polar surface area (TPSA) is 162 Å². The van der Waals surface area contributed by atoms with Crippen LogP contribution in [0.25, 0.3) is 5.65 Å². The van der Waals surface area contributed by atoms with Crippen LogP contribution in [-0.4, -0.2) is 74.8 Å². The summed E-state index contributed by atoms with van der Waals surface area (Å²) >= 11 is 0. The van der Waals surface area contributed by atoms with Gasteiger partial charge in [0.05, 0.1) is 24.5 Å². The molecule has 13 heteroatoms. The number of ether oxygens (including phenoxy) is 3. The fourth-order valence-electron chi connectivity index (χ4n) is 5.54. The van der Waals surface area contributed by atoms with E-state index in [0.717, 1.165) is 11.1 Å². The van der Waals surface area contributed by atoms with Gasteiger partial charge in [0.1, 0.15) is 35.4 Å². The van der Waals surface area contributed by atoms with Gasteiger partial charge in [-0.1, -0.05) is 30.3 Å². The van der Waals surface area contributed by atoms with Crippen molar-refractivity contribution in [1.29, 1.82) is 0 Å². The van der Waals surface area contributed by atoms with E-state index in [1.54, 1.807) is 29.4 Å². The largest absolute Gasteiger partial charge is 0.487 e. The molecule has 2 aromatic heterocycles. The third kappa shape index (κ3) is 6.42. The molecule has 0 spiro atoms. The zero-order chi connectivity index (χ0) is 30.8. The molecule has 2 aliphatic rings. The molecule has 2 aliphatic heterocycles. The summed E-state index contributed by atoms with van der Waals surface area (Å²) in [5.41, 5.74) is 7.92. The van der Waals surface area contributed by atoms with Crippen molar-refractivity contribution in [3.8, 4) is 11.5 Å². The zero-order valence-electron chi connectivity index (χ0n) is 24.4. The number of rotatable bonds is 9. The van der Waals surface area contributed by atoms with Gasteiger partial charge < -0.3 is 30.6 Å². The van der Waals surface area contributed by atoms with Crippen molar-refractivity contribution in [2.75, 3.05) is 25.0 Å². The minimum Gasteiger partial charge on any atom is -0.487 e. The van der Waals surface area contributed by atoms with Crippen LogP contribution in [0.4, 0.5) is 10.5 Å². The molecule has 13 nitrogen and oxygen atoms in total. The molecule has 228 valence electrons. The number of amides is 3. The molecule has 0 unspecified atom stereocenters. The van der Waals surface area contributed by atoms with E-state index in [2.05, 4.69) is 20.7 Å². The van der Waals surface area contributed by atoms with E-state index < -0.39 is 35.7 Å². The summed E-state index contributed by atoms with van der Waals surface area (Å²) in [6, 6.07) is 14.1. The number of alkyl carbamates (subject to hydrolysis) is 1. The highest BCUT2D eigenvalue weighted by Crippen LogP contribution is 2.42. The summed E-state index contributed by atoms with van der Waals surface area (Å²) in [7, 11) is 0. The molecule has 2 atom stereocenters. The van der Waals surface area contributed by atoms with Crippen molar-refractivity contribution in [1.82, 2.24) is 24.8 Å². The molecule has 3 amide bonds. The summed E-state index contributed by atoms with van der Waals surface area (Å²) in [6.07, 6.45) is 4.15. The van der Waals surface area contributed by atoms with Crippen molar-refractivity contribution in [3.05, 3.63) is 83.8 Å². The fourth-order valence-corrected chi connectivity index (χ4v) is 5.54. The number of carbonyl (C=O) groups is 3. The van der Waals surface area contributed by atoms with E-state index >= 15 is 0 Å². The van der Waals surface area contributed by atoms with Crippen LogP contribution in [-0.2, 0) is 22.6 Å². The van der Waals surface area contributed by atoms with Gasteiger partial charge in [0.2, 0.25) is 5.91 Å². The van der Waals surface area contributed by atoms with E-state index in [1.807, 2.05) is 50.2 Å². The number of primary amides is 1. The summed E-state index contributed by atoms with van der Waals surface area (Å²) in [5, 5.41) is 10.0. The molecule has 0 aliphatic carbocycles. The average molecular weight is 600 g/mol. The molecule has 4 N–H and O–H groups in total. The number of nitrogens with zero attached hydrogens (tertiary/aromatic N) is 4. The Morgan fingerprint density at radius 3 is 2.75 bits per heavy atom. The number of nitrogens with two attached hydrogens (primary N) is 1. The van der Waals surface area contributed by atoms with Gasteiger partial charge in [-0.15, -0.1) is 0 Å². The van der Waals surface area contributed by atoms with Crippen molar-refractivity contribution >= 4 is 29.2 Å². The number of likely N-dealkylation sites (tertiary alicyclic amines) is 1. The first-order chi connectivity index (χ1) is 21.1. The second-order valence-corrected chi connectivity index (χ2v) is 11.5. The maximum atomic E-state index is 13.5. The van der Waals surface area contributed by atoms with E-state index in [9.17, 15) is 14.4 Å². The van der Waals surface area contributed by atoms with Crippen LogP contribution in [0.1, 0.15) is 35.3 Å². The molecule has 2 aromatic carbocycles. The van der Waals surface area contributed by atoms with E-state index in [0.29, 0.717) is 47.9 Å². The molecular formula is C31H33N7O6. The molecule has 0 saturated carbocycles. The Bertz CT molecular complexity index is 1710. The number of carbonyl (C=O) groups excluding carboxylic acids is 3. The Balaban J connectivity index is 1.25. The SMILES string of the molecule is CC1(C)Cc2cc(NC(=O)c3cnn4cccnc34)c(O[C@@H]3CN(CC(N)=O)C[C@H]3NC(=O)OCc3ccccc3)cc2O1. The maximum absolute atomic E-state index is 13.5. The molecular weight excluding hydrogens is 566 g/mol. The summed E-state index contributed by atoms with van der Waals surface area (Å²) in [6.45, 7) is 4.65. The first-order valence-electron chi connectivity index (χ1n) is 14.2. The number of aromatic nitrogens is 3. The molecule has 6 rings (SSSR count). The second-order valence-electron chi connectivity index (χ2n) is 11.5. The van der Waals surface area contributed by atoms with Gasteiger partial charge in [-0.05, 0) is 31.5 Å².